The first kappa shape index (κ1) is 9.78. The first-order valence-electron chi connectivity index (χ1n) is 5.71. The van der Waals surface area contributed by atoms with Crippen LogP contribution in [0.1, 0.15) is 17.7 Å². The van der Waals surface area contributed by atoms with E-state index >= 15 is 0 Å². The molecule has 1 aliphatic carbocycles. The lowest BCUT2D eigenvalue weighted by Crippen LogP contribution is -2.33. The van der Waals surface area contributed by atoms with Crippen LogP contribution in [0.2, 0.25) is 0 Å². The number of hydrogen-bond donors (Lipinski definition) is 1. The highest BCUT2D eigenvalue weighted by Gasteiger charge is 2.24. The number of rotatable bonds is 1. The third-order valence-electron chi connectivity index (χ3n) is 3.55. The molecule has 0 saturated carbocycles. The van der Waals surface area contributed by atoms with Crippen LogP contribution < -0.4 is 0 Å². The summed E-state index contributed by atoms with van der Waals surface area (Å²) in [6.45, 7) is 0. The second-order valence-electron chi connectivity index (χ2n) is 4.73. The molecule has 1 aliphatic rings. The third kappa shape index (κ3) is 1.41. The van der Waals surface area contributed by atoms with Crippen LogP contribution in [0.4, 0.5) is 0 Å². The molecule has 0 unspecified atom stereocenters. The normalized spacial score (nSPS) is 20.3. The molecule has 0 amide bonds. The van der Waals surface area contributed by atoms with Crippen molar-refractivity contribution in [3.8, 4) is 0 Å². The van der Waals surface area contributed by atoms with Crippen LogP contribution in [0.15, 0.2) is 12.5 Å². The van der Waals surface area contributed by atoms with Gasteiger partial charge in [0.25, 0.3) is 0 Å². The van der Waals surface area contributed by atoms with E-state index in [9.17, 15) is 0 Å². The quantitative estimate of drug-likeness (QED) is 0.783. The van der Waals surface area contributed by atoms with Crippen LogP contribution in [0.25, 0.3) is 11.0 Å². The minimum absolute atomic E-state index is 0.640. The maximum Gasteiger partial charge on any atom is 0.116 e. The summed E-state index contributed by atoms with van der Waals surface area (Å²) in [4.78, 5) is 14.2. The minimum Gasteiger partial charge on any atom is -0.356 e. The van der Waals surface area contributed by atoms with Gasteiger partial charge in [-0.3, -0.25) is 0 Å². The van der Waals surface area contributed by atoms with Gasteiger partial charge in [-0.2, -0.15) is 0 Å². The SMILES string of the molecule is CN(C)[C@@H]1CCc2[nH]c3cncnc3c2C1. The number of aromatic amines is 1. The highest BCUT2D eigenvalue weighted by molar-refractivity contribution is 5.79. The fourth-order valence-electron chi connectivity index (χ4n) is 2.57. The van der Waals surface area contributed by atoms with Gasteiger partial charge in [-0.25, -0.2) is 9.97 Å². The molecule has 0 saturated heterocycles. The molecule has 2 heterocycles. The number of likely N-dealkylation sites (N-methyl/N-ethyl adjacent to an activating group) is 1. The summed E-state index contributed by atoms with van der Waals surface area (Å²) in [7, 11) is 4.30. The van der Waals surface area contributed by atoms with Crippen LogP contribution in [0.3, 0.4) is 0 Å². The van der Waals surface area contributed by atoms with Gasteiger partial charge in [-0.15, -0.1) is 0 Å². The minimum atomic E-state index is 0.640. The molecule has 0 aliphatic heterocycles. The average Bonchev–Trinajstić information content (AvgIpc) is 2.66. The lowest BCUT2D eigenvalue weighted by atomic mass is 9.92. The van der Waals surface area contributed by atoms with Crippen molar-refractivity contribution in [3.05, 3.63) is 23.8 Å². The van der Waals surface area contributed by atoms with Gasteiger partial charge in [0.2, 0.25) is 0 Å². The zero-order chi connectivity index (χ0) is 11.1. The number of aryl methyl sites for hydroxylation is 1. The van der Waals surface area contributed by atoms with Crippen molar-refractivity contribution in [1.82, 2.24) is 19.9 Å². The summed E-state index contributed by atoms with van der Waals surface area (Å²) < 4.78 is 0. The molecule has 0 fully saturated rings. The highest BCUT2D eigenvalue weighted by atomic mass is 15.1. The van der Waals surface area contributed by atoms with Crippen LogP contribution in [0.5, 0.6) is 0 Å². The summed E-state index contributed by atoms with van der Waals surface area (Å²) in [6, 6.07) is 0.640. The second-order valence-corrected chi connectivity index (χ2v) is 4.73. The Morgan fingerprint density at radius 3 is 3.12 bits per heavy atom. The molecule has 0 radical (unpaired) electrons. The lowest BCUT2D eigenvalue weighted by molar-refractivity contribution is 0.268. The van der Waals surface area contributed by atoms with Crippen LogP contribution in [-0.4, -0.2) is 40.0 Å². The lowest BCUT2D eigenvalue weighted by Gasteiger charge is -2.28. The van der Waals surface area contributed by atoms with Gasteiger partial charge in [0.05, 0.1) is 17.2 Å². The summed E-state index contributed by atoms with van der Waals surface area (Å²) in [6.07, 6.45) is 6.94. The van der Waals surface area contributed by atoms with E-state index in [0.29, 0.717) is 6.04 Å². The van der Waals surface area contributed by atoms with Crippen molar-refractivity contribution in [2.45, 2.75) is 25.3 Å². The van der Waals surface area contributed by atoms with Gasteiger partial charge in [0.15, 0.2) is 0 Å². The van der Waals surface area contributed by atoms with Crippen LogP contribution in [-0.2, 0) is 12.8 Å². The predicted molar refractivity (Wildman–Crippen MR) is 63.4 cm³/mol. The summed E-state index contributed by atoms with van der Waals surface area (Å²) in [5.74, 6) is 0. The largest absolute Gasteiger partial charge is 0.356 e. The number of fused-ring (bicyclic) bond motifs is 3. The second kappa shape index (κ2) is 3.56. The number of nitrogens with zero attached hydrogens (tertiary/aromatic N) is 3. The molecule has 2 aromatic rings. The number of nitrogens with one attached hydrogen (secondary N) is 1. The Labute approximate surface area is 94.7 Å². The van der Waals surface area contributed by atoms with Crippen LogP contribution >= 0.6 is 0 Å². The monoisotopic (exact) mass is 216 g/mol. The molecular formula is C12H16N4. The highest BCUT2D eigenvalue weighted by Crippen LogP contribution is 2.28. The molecule has 0 aromatic carbocycles. The van der Waals surface area contributed by atoms with Crippen molar-refractivity contribution in [1.29, 1.82) is 0 Å². The van der Waals surface area contributed by atoms with Crippen molar-refractivity contribution in [2.24, 2.45) is 0 Å². The summed E-state index contributed by atoms with van der Waals surface area (Å²) >= 11 is 0. The van der Waals surface area contributed by atoms with Gasteiger partial charge in [0, 0.05) is 17.3 Å². The Morgan fingerprint density at radius 1 is 1.44 bits per heavy atom. The molecule has 4 nitrogen and oxygen atoms in total. The van der Waals surface area contributed by atoms with E-state index in [2.05, 4.69) is 33.9 Å². The molecule has 1 atom stereocenters. The summed E-state index contributed by atoms with van der Waals surface area (Å²) in [5.41, 5.74) is 4.93. The zero-order valence-electron chi connectivity index (χ0n) is 9.70. The molecule has 4 heteroatoms. The Kier molecular flexibility index (Phi) is 2.17. The fourth-order valence-corrected chi connectivity index (χ4v) is 2.57. The molecule has 0 spiro atoms. The standard InChI is InChI=1S/C12H16N4/c1-16(2)8-3-4-10-9(5-8)12-11(15-10)6-13-7-14-12/h6-8,15H,3-5H2,1-2H3/t8-/m1/s1. The molecule has 84 valence electrons. The van der Waals surface area contributed by atoms with E-state index in [1.807, 2.05) is 6.20 Å². The van der Waals surface area contributed by atoms with E-state index in [-0.39, 0.29) is 0 Å². The first-order chi connectivity index (χ1) is 7.75. The van der Waals surface area contributed by atoms with E-state index in [1.54, 1.807) is 6.33 Å². The average molecular weight is 216 g/mol. The molecular weight excluding hydrogens is 200 g/mol. The fraction of sp³-hybridized carbons (Fsp3) is 0.500. The van der Waals surface area contributed by atoms with Gasteiger partial charge in [-0.05, 0) is 33.4 Å². The van der Waals surface area contributed by atoms with Gasteiger partial charge in [0.1, 0.15) is 6.33 Å². The number of H-pyrrole nitrogens is 1. The molecule has 1 N–H and O–H groups in total. The third-order valence-corrected chi connectivity index (χ3v) is 3.55. The number of aromatic nitrogens is 3. The zero-order valence-corrected chi connectivity index (χ0v) is 9.70. The van der Waals surface area contributed by atoms with Crippen molar-refractivity contribution in [2.75, 3.05) is 14.1 Å². The Morgan fingerprint density at radius 2 is 2.31 bits per heavy atom. The van der Waals surface area contributed by atoms with Gasteiger partial charge >= 0.3 is 0 Å². The predicted octanol–water partition coefficient (Wildman–Crippen LogP) is 1.38. The molecule has 16 heavy (non-hydrogen) atoms. The van der Waals surface area contributed by atoms with Crippen molar-refractivity contribution >= 4 is 11.0 Å². The smallest absolute Gasteiger partial charge is 0.116 e. The van der Waals surface area contributed by atoms with E-state index < -0.39 is 0 Å². The Balaban J connectivity index is 2.08. The van der Waals surface area contributed by atoms with Gasteiger partial charge < -0.3 is 9.88 Å². The molecule has 0 bridgehead atoms. The number of hydrogen-bond acceptors (Lipinski definition) is 3. The van der Waals surface area contributed by atoms with Gasteiger partial charge in [-0.1, -0.05) is 0 Å². The van der Waals surface area contributed by atoms with Crippen LogP contribution in [0, 0.1) is 0 Å². The maximum atomic E-state index is 4.39. The molecule has 3 rings (SSSR count). The Bertz CT molecular complexity index is 515. The first-order valence-corrected chi connectivity index (χ1v) is 5.71. The maximum absolute atomic E-state index is 4.39. The van der Waals surface area contributed by atoms with E-state index in [1.165, 1.54) is 17.7 Å². The van der Waals surface area contributed by atoms with Crippen molar-refractivity contribution < 1.29 is 0 Å². The Hall–Kier alpha value is -1.42. The summed E-state index contributed by atoms with van der Waals surface area (Å²) in [5, 5.41) is 0. The van der Waals surface area contributed by atoms with Crippen molar-refractivity contribution in [3.63, 3.8) is 0 Å². The molecule has 2 aromatic heterocycles. The van der Waals surface area contributed by atoms with E-state index in [0.717, 1.165) is 23.9 Å². The topological polar surface area (TPSA) is 44.8 Å². The van der Waals surface area contributed by atoms with E-state index in [4.69, 9.17) is 0 Å².